The molecule has 7 heteroatoms. The number of nitrogen functional groups attached to an aromatic ring is 1. The average Bonchev–Trinajstić information content (AvgIpc) is 3.28. The summed E-state index contributed by atoms with van der Waals surface area (Å²) in [6.07, 6.45) is 7.32. The van der Waals surface area contributed by atoms with Crippen molar-refractivity contribution in [1.82, 2.24) is 19.4 Å². The summed E-state index contributed by atoms with van der Waals surface area (Å²) in [5.41, 5.74) is 10.0. The topological polar surface area (TPSA) is 78.3 Å². The summed E-state index contributed by atoms with van der Waals surface area (Å²) in [6, 6.07) is 14.0. The van der Waals surface area contributed by atoms with Crippen molar-refractivity contribution in [2.75, 3.05) is 5.73 Å². The minimum Gasteiger partial charge on any atom is -0.457 e. The van der Waals surface area contributed by atoms with Crippen LogP contribution in [0.3, 0.4) is 0 Å². The normalized spacial score (nSPS) is 14.2. The van der Waals surface area contributed by atoms with Crippen molar-refractivity contribution < 1.29 is 4.74 Å². The molecule has 6 nitrogen and oxygen atoms in total. The van der Waals surface area contributed by atoms with Crippen LogP contribution in [-0.2, 0) is 0 Å². The van der Waals surface area contributed by atoms with Crippen LogP contribution in [0.4, 0.5) is 5.82 Å². The third-order valence-electron chi connectivity index (χ3n) is 5.91. The summed E-state index contributed by atoms with van der Waals surface area (Å²) < 4.78 is 9.32. The third-order valence-corrected chi connectivity index (χ3v) is 6.84. The van der Waals surface area contributed by atoms with E-state index >= 15 is 0 Å². The summed E-state index contributed by atoms with van der Waals surface area (Å²) >= 11 is 1.67. The number of rotatable bonds is 4. The van der Waals surface area contributed by atoms with Gasteiger partial charge in [0.25, 0.3) is 0 Å². The zero-order chi connectivity index (χ0) is 20.9. The fourth-order valence-corrected chi connectivity index (χ4v) is 5.00. The number of hydrogen-bond acceptors (Lipinski definition) is 6. The average molecular weight is 428 g/mol. The second-order valence-electron chi connectivity index (χ2n) is 7.97. The molecule has 5 aromatic rings. The van der Waals surface area contributed by atoms with Crippen LogP contribution in [0, 0.1) is 6.92 Å². The van der Waals surface area contributed by atoms with Crippen molar-refractivity contribution in [3.63, 3.8) is 0 Å². The van der Waals surface area contributed by atoms with Gasteiger partial charge in [-0.2, -0.15) is 0 Å². The summed E-state index contributed by atoms with van der Waals surface area (Å²) in [5, 5.41) is 1.05. The van der Waals surface area contributed by atoms with Gasteiger partial charge in [0, 0.05) is 29.9 Å². The molecular weight excluding hydrogens is 406 g/mol. The fourth-order valence-electron chi connectivity index (χ4n) is 4.14. The van der Waals surface area contributed by atoms with Gasteiger partial charge in [-0.3, -0.25) is 4.40 Å². The van der Waals surface area contributed by atoms with Crippen LogP contribution in [0.2, 0.25) is 0 Å². The number of anilines is 1. The number of hydrogen-bond donors (Lipinski definition) is 1. The number of nitrogens with two attached hydrogens (primary N) is 1. The molecule has 0 unspecified atom stereocenters. The van der Waals surface area contributed by atoms with Crippen LogP contribution in [0.1, 0.15) is 36.0 Å². The number of nitrogens with zero attached hydrogens (tertiary/aromatic N) is 4. The van der Waals surface area contributed by atoms with Crippen molar-refractivity contribution >= 4 is 32.9 Å². The number of aryl methyl sites for hydroxylation is 1. The van der Waals surface area contributed by atoms with Gasteiger partial charge >= 0.3 is 0 Å². The van der Waals surface area contributed by atoms with E-state index in [0.717, 1.165) is 49.3 Å². The molecule has 31 heavy (non-hydrogen) atoms. The first kappa shape index (κ1) is 18.3. The smallest absolute Gasteiger partial charge is 0.150 e. The van der Waals surface area contributed by atoms with E-state index in [1.807, 2.05) is 55.6 Å². The van der Waals surface area contributed by atoms with Crippen molar-refractivity contribution in [3.05, 3.63) is 65.7 Å². The largest absolute Gasteiger partial charge is 0.457 e. The molecule has 3 heterocycles. The molecule has 2 aromatic carbocycles. The lowest BCUT2D eigenvalue weighted by Gasteiger charge is -2.23. The van der Waals surface area contributed by atoms with Crippen LogP contribution in [0.5, 0.6) is 11.5 Å². The molecule has 1 aliphatic rings. The molecule has 1 saturated carbocycles. The van der Waals surface area contributed by atoms with E-state index in [0.29, 0.717) is 11.7 Å². The maximum Gasteiger partial charge on any atom is 0.150 e. The SMILES string of the molecule is Cc1nc2ccc(Oc3ccc(-c4nc(C5CCC5)n5ccnc(N)c45)cc3)cc2s1. The van der Waals surface area contributed by atoms with Gasteiger partial charge in [0.1, 0.15) is 34.4 Å². The van der Waals surface area contributed by atoms with Crippen LogP contribution in [0.25, 0.3) is 27.0 Å². The van der Waals surface area contributed by atoms with Gasteiger partial charge in [0.15, 0.2) is 0 Å². The Kier molecular flexibility index (Phi) is 4.17. The minimum absolute atomic E-state index is 0.496. The van der Waals surface area contributed by atoms with Crippen LogP contribution >= 0.6 is 11.3 Å². The Morgan fingerprint density at radius 3 is 2.65 bits per heavy atom. The van der Waals surface area contributed by atoms with Gasteiger partial charge in [0.2, 0.25) is 0 Å². The van der Waals surface area contributed by atoms with E-state index in [2.05, 4.69) is 14.4 Å². The van der Waals surface area contributed by atoms with Crippen LogP contribution in [0.15, 0.2) is 54.9 Å². The van der Waals surface area contributed by atoms with E-state index in [-0.39, 0.29) is 0 Å². The van der Waals surface area contributed by atoms with Gasteiger partial charge < -0.3 is 10.5 Å². The fraction of sp³-hybridized carbons (Fsp3) is 0.208. The minimum atomic E-state index is 0.496. The molecule has 0 bridgehead atoms. The predicted octanol–water partition coefficient (Wildman–Crippen LogP) is 5.96. The lowest BCUT2D eigenvalue weighted by atomic mass is 9.85. The molecule has 0 radical (unpaired) electrons. The van der Waals surface area contributed by atoms with Gasteiger partial charge in [-0.25, -0.2) is 15.0 Å². The summed E-state index contributed by atoms with van der Waals surface area (Å²) in [4.78, 5) is 13.8. The second-order valence-corrected chi connectivity index (χ2v) is 9.20. The van der Waals surface area contributed by atoms with E-state index in [4.69, 9.17) is 15.5 Å². The number of aromatic nitrogens is 4. The Bertz CT molecular complexity index is 1420. The molecule has 0 aliphatic heterocycles. The lowest BCUT2D eigenvalue weighted by Crippen LogP contribution is -2.12. The number of imidazole rings is 1. The Morgan fingerprint density at radius 2 is 1.87 bits per heavy atom. The number of benzene rings is 2. The molecule has 1 aliphatic carbocycles. The van der Waals surface area contributed by atoms with Gasteiger partial charge in [-0.05, 0) is 56.2 Å². The molecule has 154 valence electrons. The van der Waals surface area contributed by atoms with Crippen molar-refractivity contribution in [2.24, 2.45) is 0 Å². The molecule has 2 N–H and O–H groups in total. The maximum atomic E-state index is 6.25. The summed E-state index contributed by atoms with van der Waals surface area (Å²) in [5.74, 6) is 3.66. The zero-order valence-corrected chi connectivity index (χ0v) is 17.9. The first-order chi connectivity index (χ1) is 15.2. The molecule has 0 spiro atoms. The third kappa shape index (κ3) is 3.13. The maximum absolute atomic E-state index is 6.25. The molecule has 3 aromatic heterocycles. The highest BCUT2D eigenvalue weighted by molar-refractivity contribution is 7.18. The highest BCUT2D eigenvalue weighted by atomic mass is 32.1. The second kappa shape index (κ2) is 7.06. The molecule has 0 saturated heterocycles. The van der Waals surface area contributed by atoms with Crippen molar-refractivity contribution in [2.45, 2.75) is 32.1 Å². The molecule has 1 fully saturated rings. The van der Waals surface area contributed by atoms with E-state index in [1.54, 1.807) is 17.5 Å². The number of fused-ring (bicyclic) bond motifs is 2. The quantitative estimate of drug-likeness (QED) is 0.383. The van der Waals surface area contributed by atoms with Gasteiger partial charge in [0.05, 0.1) is 15.2 Å². The van der Waals surface area contributed by atoms with Crippen molar-refractivity contribution in [3.8, 4) is 22.8 Å². The van der Waals surface area contributed by atoms with Gasteiger partial charge in [-0.15, -0.1) is 11.3 Å². The van der Waals surface area contributed by atoms with Crippen LogP contribution < -0.4 is 10.5 Å². The van der Waals surface area contributed by atoms with Crippen molar-refractivity contribution in [1.29, 1.82) is 0 Å². The Hall–Kier alpha value is -3.45. The lowest BCUT2D eigenvalue weighted by molar-refractivity contribution is 0.400. The highest BCUT2D eigenvalue weighted by Gasteiger charge is 2.26. The number of ether oxygens (including phenoxy) is 1. The Morgan fingerprint density at radius 1 is 1.06 bits per heavy atom. The zero-order valence-electron chi connectivity index (χ0n) is 17.1. The molecular formula is C24H21N5OS. The predicted molar refractivity (Wildman–Crippen MR) is 124 cm³/mol. The summed E-state index contributed by atoms with van der Waals surface area (Å²) in [6.45, 7) is 2.02. The molecule has 0 atom stereocenters. The van der Waals surface area contributed by atoms with Gasteiger partial charge in [-0.1, -0.05) is 6.42 Å². The Labute approximate surface area is 183 Å². The monoisotopic (exact) mass is 427 g/mol. The highest BCUT2D eigenvalue weighted by Crippen LogP contribution is 2.39. The first-order valence-corrected chi connectivity index (χ1v) is 11.3. The molecule has 0 amide bonds. The summed E-state index contributed by atoms with van der Waals surface area (Å²) in [7, 11) is 0. The van der Waals surface area contributed by atoms with E-state index in [9.17, 15) is 0 Å². The number of thiazole rings is 1. The van der Waals surface area contributed by atoms with Crippen LogP contribution in [-0.4, -0.2) is 19.4 Å². The van der Waals surface area contributed by atoms with E-state index < -0.39 is 0 Å². The van der Waals surface area contributed by atoms with E-state index in [1.165, 1.54) is 19.3 Å². The molecule has 6 rings (SSSR count). The standard InChI is InChI=1S/C24H21N5OS/c1-14-27-19-10-9-18(13-20(19)31-14)30-17-7-5-15(6-8-17)21-22-23(25)26-11-12-29(22)24(28-21)16-3-2-4-16/h5-13,16H,2-4H2,1H3,(H2,25,26). The Balaban J connectivity index is 1.34. The first-order valence-electron chi connectivity index (χ1n) is 10.4.